The van der Waals surface area contributed by atoms with Crippen molar-refractivity contribution in [1.82, 2.24) is 0 Å². The van der Waals surface area contributed by atoms with Gasteiger partial charge in [0, 0.05) is 10.6 Å². The molecular formula is C17H17ClO4. The first kappa shape index (κ1) is 16.2. The molecule has 2 rings (SSSR count). The average molecular weight is 321 g/mol. The van der Waals surface area contributed by atoms with Crippen LogP contribution in [0.4, 0.5) is 0 Å². The van der Waals surface area contributed by atoms with E-state index in [2.05, 4.69) is 0 Å². The summed E-state index contributed by atoms with van der Waals surface area (Å²) >= 11 is 5.93. The van der Waals surface area contributed by atoms with Crippen molar-refractivity contribution in [3.05, 3.63) is 58.1 Å². The van der Waals surface area contributed by atoms with Crippen molar-refractivity contribution in [2.45, 2.75) is 19.3 Å². The van der Waals surface area contributed by atoms with E-state index in [-0.39, 0.29) is 12.2 Å². The van der Waals surface area contributed by atoms with Crippen molar-refractivity contribution in [3.63, 3.8) is 0 Å². The van der Waals surface area contributed by atoms with Crippen LogP contribution in [0.3, 0.4) is 0 Å². The van der Waals surface area contributed by atoms with Crippen molar-refractivity contribution in [2.75, 3.05) is 7.11 Å². The Bertz CT molecular complexity index is 697. The fraction of sp³-hybridized carbons (Fsp3) is 0.235. The zero-order chi connectivity index (χ0) is 16.3. The van der Waals surface area contributed by atoms with Gasteiger partial charge in [-0.1, -0.05) is 29.3 Å². The maximum atomic E-state index is 11.7. The van der Waals surface area contributed by atoms with E-state index in [4.69, 9.17) is 16.3 Å². The Morgan fingerprint density at radius 2 is 2.00 bits per heavy atom. The molecule has 2 aromatic carbocycles. The van der Waals surface area contributed by atoms with Crippen LogP contribution in [0.1, 0.15) is 22.6 Å². The Morgan fingerprint density at radius 3 is 2.64 bits per heavy atom. The van der Waals surface area contributed by atoms with Crippen molar-refractivity contribution < 1.29 is 19.7 Å². The topological polar surface area (TPSA) is 66.8 Å². The molecule has 1 unspecified atom stereocenters. The molecule has 2 aromatic rings. The molecule has 0 aliphatic rings. The largest absolute Gasteiger partial charge is 0.508 e. The first-order valence-corrected chi connectivity index (χ1v) is 7.15. The van der Waals surface area contributed by atoms with Crippen LogP contribution in [-0.2, 0) is 11.2 Å². The van der Waals surface area contributed by atoms with Gasteiger partial charge in [-0.05, 0) is 43.2 Å². The summed E-state index contributed by atoms with van der Waals surface area (Å²) in [7, 11) is 1.50. The van der Waals surface area contributed by atoms with Gasteiger partial charge in [0.1, 0.15) is 11.5 Å². The highest BCUT2D eigenvalue weighted by Crippen LogP contribution is 2.33. The Hall–Kier alpha value is -2.20. The highest BCUT2D eigenvalue weighted by Gasteiger charge is 2.25. The van der Waals surface area contributed by atoms with Crippen LogP contribution in [-0.4, -0.2) is 23.3 Å². The molecule has 0 spiro atoms. The number of aryl methyl sites for hydroxylation is 1. The molecule has 22 heavy (non-hydrogen) atoms. The first-order chi connectivity index (χ1) is 10.4. The van der Waals surface area contributed by atoms with E-state index in [0.29, 0.717) is 21.9 Å². The van der Waals surface area contributed by atoms with Crippen LogP contribution >= 0.6 is 11.6 Å². The monoisotopic (exact) mass is 320 g/mol. The molecule has 0 aliphatic carbocycles. The van der Waals surface area contributed by atoms with E-state index in [9.17, 15) is 15.0 Å². The van der Waals surface area contributed by atoms with Gasteiger partial charge in [0.15, 0.2) is 0 Å². The summed E-state index contributed by atoms with van der Waals surface area (Å²) < 4.78 is 5.27. The van der Waals surface area contributed by atoms with Gasteiger partial charge in [-0.25, -0.2) is 0 Å². The summed E-state index contributed by atoms with van der Waals surface area (Å²) in [5.74, 6) is -1.27. The van der Waals surface area contributed by atoms with Gasteiger partial charge >= 0.3 is 5.97 Å². The fourth-order valence-corrected chi connectivity index (χ4v) is 2.59. The predicted octanol–water partition coefficient (Wildman–Crippen LogP) is 3.77. The van der Waals surface area contributed by atoms with E-state index >= 15 is 0 Å². The molecule has 0 aromatic heterocycles. The summed E-state index contributed by atoms with van der Waals surface area (Å²) in [6.45, 7) is 1.89. The van der Waals surface area contributed by atoms with Gasteiger partial charge in [-0.2, -0.15) is 0 Å². The number of ether oxygens (including phenoxy) is 1. The van der Waals surface area contributed by atoms with Gasteiger partial charge in [-0.3, -0.25) is 4.79 Å². The Labute approximate surface area is 133 Å². The van der Waals surface area contributed by atoms with Crippen LogP contribution in [0.2, 0.25) is 5.02 Å². The highest BCUT2D eigenvalue weighted by atomic mass is 35.5. The lowest BCUT2D eigenvalue weighted by molar-refractivity contribution is -0.138. The molecule has 0 heterocycles. The van der Waals surface area contributed by atoms with Gasteiger partial charge in [-0.15, -0.1) is 0 Å². The lowest BCUT2D eigenvalue weighted by Gasteiger charge is -2.17. The van der Waals surface area contributed by atoms with E-state index in [1.807, 2.05) is 13.0 Å². The average Bonchev–Trinajstić information content (AvgIpc) is 2.47. The lowest BCUT2D eigenvalue weighted by atomic mass is 9.90. The van der Waals surface area contributed by atoms with E-state index in [1.165, 1.54) is 13.2 Å². The molecule has 0 saturated heterocycles. The van der Waals surface area contributed by atoms with Gasteiger partial charge < -0.3 is 14.9 Å². The SMILES string of the molecule is COc1ccc(C)cc1C(Cc1cc(Cl)ccc1O)C(=O)O. The molecule has 2 N–H and O–H groups in total. The molecule has 116 valence electrons. The molecule has 0 radical (unpaired) electrons. The molecular weight excluding hydrogens is 304 g/mol. The molecule has 0 bridgehead atoms. The number of phenols is 1. The van der Waals surface area contributed by atoms with E-state index < -0.39 is 11.9 Å². The van der Waals surface area contributed by atoms with E-state index in [0.717, 1.165) is 5.56 Å². The quantitative estimate of drug-likeness (QED) is 0.880. The van der Waals surface area contributed by atoms with Crippen molar-refractivity contribution >= 4 is 17.6 Å². The molecule has 0 saturated carbocycles. The number of hydrogen-bond acceptors (Lipinski definition) is 3. The summed E-state index contributed by atoms with van der Waals surface area (Å²) in [6.07, 6.45) is 0.127. The summed E-state index contributed by atoms with van der Waals surface area (Å²) in [4.78, 5) is 11.7. The van der Waals surface area contributed by atoms with Crippen LogP contribution in [0.25, 0.3) is 0 Å². The Morgan fingerprint density at radius 1 is 1.27 bits per heavy atom. The molecule has 0 amide bonds. The Kier molecular flexibility index (Phi) is 4.93. The van der Waals surface area contributed by atoms with Gasteiger partial charge in [0.2, 0.25) is 0 Å². The van der Waals surface area contributed by atoms with Crippen molar-refractivity contribution in [2.24, 2.45) is 0 Å². The minimum atomic E-state index is -0.983. The van der Waals surface area contributed by atoms with Crippen LogP contribution in [0, 0.1) is 6.92 Å². The smallest absolute Gasteiger partial charge is 0.311 e. The summed E-state index contributed by atoms with van der Waals surface area (Å²) in [6, 6.07) is 10.00. The summed E-state index contributed by atoms with van der Waals surface area (Å²) in [5, 5.41) is 20.0. The number of carboxylic acids is 1. The Balaban J connectivity index is 2.45. The minimum absolute atomic E-state index is 0.0299. The molecule has 0 aliphatic heterocycles. The number of carboxylic acid groups (broad SMARTS) is 1. The number of aliphatic carboxylic acids is 1. The van der Waals surface area contributed by atoms with Crippen molar-refractivity contribution in [1.29, 1.82) is 0 Å². The number of phenolic OH excluding ortho intramolecular Hbond substituents is 1. The molecule has 5 heteroatoms. The second kappa shape index (κ2) is 6.71. The molecule has 0 fully saturated rings. The third-order valence-corrected chi connectivity index (χ3v) is 3.76. The number of halogens is 1. The van der Waals surface area contributed by atoms with Crippen LogP contribution < -0.4 is 4.74 Å². The predicted molar refractivity (Wildman–Crippen MR) is 84.9 cm³/mol. The number of hydrogen-bond donors (Lipinski definition) is 2. The number of rotatable bonds is 5. The van der Waals surface area contributed by atoms with E-state index in [1.54, 1.807) is 24.3 Å². The second-order valence-corrected chi connectivity index (χ2v) is 5.55. The number of methoxy groups -OCH3 is 1. The van der Waals surface area contributed by atoms with Gasteiger partial charge in [0.05, 0.1) is 13.0 Å². The number of carbonyl (C=O) groups is 1. The third-order valence-electron chi connectivity index (χ3n) is 3.52. The summed E-state index contributed by atoms with van der Waals surface area (Å²) in [5.41, 5.74) is 2.01. The first-order valence-electron chi connectivity index (χ1n) is 6.77. The third kappa shape index (κ3) is 3.52. The number of aromatic hydroxyl groups is 1. The van der Waals surface area contributed by atoms with Crippen molar-refractivity contribution in [3.8, 4) is 11.5 Å². The van der Waals surface area contributed by atoms with Gasteiger partial charge in [0.25, 0.3) is 0 Å². The minimum Gasteiger partial charge on any atom is -0.508 e. The molecule has 1 atom stereocenters. The maximum absolute atomic E-state index is 11.7. The van der Waals surface area contributed by atoms with Crippen LogP contribution in [0.15, 0.2) is 36.4 Å². The zero-order valence-electron chi connectivity index (χ0n) is 12.3. The normalized spacial score (nSPS) is 12.0. The highest BCUT2D eigenvalue weighted by molar-refractivity contribution is 6.30. The second-order valence-electron chi connectivity index (χ2n) is 5.11. The fourth-order valence-electron chi connectivity index (χ4n) is 2.39. The number of benzene rings is 2. The standard InChI is InChI=1S/C17H17ClO4/c1-10-3-6-16(22-2)13(7-10)14(17(20)21)9-11-8-12(18)4-5-15(11)19/h3-8,14,19H,9H2,1-2H3,(H,20,21). The lowest BCUT2D eigenvalue weighted by Crippen LogP contribution is -2.16. The zero-order valence-corrected chi connectivity index (χ0v) is 13.1. The maximum Gasteiger partial charge on any atom is 0.311 e. The van der Waals surface area contributed by atoms with Crippen LogP contribution in [0.5, 0.6) is 11.5 Å². The molecule has 4 nitrogen and oxygen atoms in total.